The van der Waals surface area contributed by atoms with Crippen molar-refractivity contribution < 1.29 is 4.79 Å². The first-order chi connectivity index (χ1) is 10.1. The lowest BCUT2D eigenvalue weighted by molar-refractivity contribution is -0.133. The Morgan fingerprint density at radius 2 is 2.05 bits per heavy atom. The van der Waals surface area contributed by atoms with Gasteiger partial charge in [-0.1, -0.05) is 38.1 Å². The van der Waals surface area contributed by atoms with E-state index in [0.29, 0.717) is 24.3 Å². The predicted molar refractivity (Wildman–Crippen MR) is 85.2 cm³/mol. The van der Waals surface area contributed by atoms with Gasteiger partial charge in [-0.15, -0.1) is 0 Å². The maximum atomic E-state index is 12.6. The fourth-order valence-corrected chi connectivity index (χ4v) is 3.55. The Morgan fingerprint density at radius 3 is 2.67 bits per heavy atom. The van der Waals surface area contributed by atoms with Gasteiger partial charge in [0, 0.05) is 25.0 Å². The van der Waals surface area contributed by atoms with Crippen LogP contribution in [0.1, 0.15) is 56.1 Å². The first-order valence-corrected chi connectivity index (χ1v) is 8.22. The maximum absolute atomic E-state index is 12.6. The molecule has 3 rings (SSSR count). The van der Waals surface area contributed by atoms with E-state index in [1.54, 1.807) is 0 Å². The topological polar surface area (TPSA) is 46.3 Å². The molecule has 2 aliphatic rings. The van der Waals surface area contributed by atoms with Gasteiger partial charge in [0.05, 0.1) is 0 Å². The summed E-state index contributed by atoms with van der Waals surface area (Å²) in [5, 5.41) is 0. The standard InChI is InChI=1S/C18H26N2O/c1-12(2)13-5-7-14(8-6-13)16-10-17(16)18(21)20-9-3-4-15(20)11-19/h5-8,12,15-17H,3-4,9-11,19H2,1-2H3. The largest absolute Gasteiger partial charge is 0.338 e. The van der Waals surface area contributed by atoms with Crippen molar-refractivity contribution in [2.24, 2.45) is 11.7 Å². The van der Waals surface area contributed by atoms with Crippen molar-refractivity contribution in [1.82, 2.24) is 4.90 Å². The van der Waals surface area contributed by atoms with Crippen LogP contribution < -0.4 is 5.73 Å². The van der Waals surface area contributed by atoms with Gasteiger partial charge in [0.25, 0.3) is 0 Å². The van der Waals surface area contributed by atoms with Crippen LogP contribution in [0.2, 0.25) is 0 Å². The molecule has 0 bridgehead atoms. The van der Waals surface area contributed by atoms with Crippen LogP contribution in [0, 0.1) is 5.92 Å². The van der Waals surface area contributed by atoms with Crippen molar-refractivity contribution in [1.29, 1.82) is 0 Å². The van der Waals surface area contributed by atoms with E-state index in [-0.39, 0.29) is 12.0 Å². The van der Waals surface area contributed by atoms with E-state index < -0.39 is 0 Å². The van der Waals surface area contributed by atoms with E-state index in [1.165, 1.54) is 11.1 Å². The number of nitrogens with two attached hydrogens (primary N) is 1. The third-order valence-corrected chi connectivity index (χ3v) is 5.07. The molecule has 3 heteroatoms. The predicted octanol–water partition coefficient (Wildman–Crippen LogP) is 2.86. The van der Waals surface area contributed by atoms with Crippen molar-refractivity contribution >= 4 is 5.91 Å². The molecule has 2 N–H and O–H groups in total. The van der Waals surface area contributed by atoms with Gasteiger partial charge >= 0.3 is 0 Å². The summed E-state index contributed by atoms with van der Waals surface area (Å²) in [5.74, 6) is 1.52. The van der Waals surface area contributed by atoms with Gasteiger partial charge in [0.2, 0.25) is 5.91 Å². The van der Waals surface area contributed by atoms with Crippen molar-refractivity contribution in [2.45, 2.75) is 51.0 Å². The molecule has 2 fully saturated rings. The molecule has 1 aliphatic heterocycles. The molecule has 21 heavy (non-hydrogen) atoms. The van der Waals surface area contributed by atoms with E-state index in [1.807, 2.05) is 4.90 Å². The molecule has 3 unspecified atom stereocenters. The molecule has 1 aliphatic carbocycles. The smallest absolute Gasteiger partial charge is 0.226 e. The fraction of sp³-hybridized carbons (Fsp3) is 0.611. The van der Waals surface area contributed by atoms with Crippen LogP contribution in [-0.2, 0) is 4.79 Å². The van der Waals surface area contributed by atoms with Crippen LogP contribution in [0.4, 0.5) is 0 Å². The molecular formula is C18H26N2O. The second kappa shape index (κ2) is 5.80. The summed E-state index contributed by atoms with van der Waals surface area (Å²) in [7, 11) is 0. The van der Waals surface area contributed by atoms with Crippen LogP contribution >= 0.6 is 0 Å². The lowest BCUT2D eigenvalue weighted by Gasteiger charge is -2.23. The Kier molecular flexibility index (Phi) is 4.03. The normalized spacial score (nSPS) is 28.2. The fourth-order valence-electron chi connectivity index (χ4n) is 3.55. The number of likely N-dealkylation sites (tertiary alicyclic amines) is 1. The summed E-state index contributed by atoms with van der Waals surface area (Å²) in [4.78, 5) is 14.6. The van der Waals surface area contributed by atoms with E-state index in [9.17, 15) is 4.79 Å². The third kappa shape index (κ3) is 2.84. The molecule has 0 radical (unpaired) electrons. The number of nitrogens with zero attached hydrogens (tertiary/aromatic N) is 1. The molecular weight excluding hydrogens is 260 g/mol. The summed E-state index contributed by atoms with van der Waals surface area (Å²) < 4.78 is 0. The van der Waals surface area contributed by atoms with Gasteiger partial charge in [0.1, 0.15) is 0 Å². The Hall–Kier alpha value is -1.35. The number of hydrogen-bond acceptors (Lipinski definition) is 2. The minimum absolute atomic E-state index is 0.196. The monoisotopic (exact) mass is 286 g/mol. The van der Waals surface area contributed by atoms with E-state index in [4.69, 9.17) is 5.73 Å². The minimum Gasteiger partial charge on any atom is -0.338 e. The van der Waals surface area contributed by atoms with Crippen molar-refractivity contribution in [3.63, 3.8) is 0 Å². The maximum Gasteiger partial charge on any atom is 0.226 e. The highest BCUT2D eigenvalue weighted by molar-refractivity contribution is 5.83. The molecule has 114 valence electrons. The van der Waals surface area contributed by atoms with Gasteiger partial charge in [-0.05, 0) is 42.2 Å². The van der Waals surface area contributed by atoms with Gasteiger partial charge in [0.15, 0.2) is 0 Å². The van der Waals surface area contributed by atoms with Gasteiger partial charge < -0.3 is 10.6 Å². The lowest BCUT2D eigenvalue weighted by Crippen LogP contribution is -2.40. The minimum atomic E-state index is 0.196. The van der Waals surface area contributed by atoms with Crippen LogP contribution in [0.3, 0.4) is 0 Å². The molecule has 3 atom stereocenters. The molecule has 1 aromatic carbocycles. The second-order valence-corrected chi connectivity index (χ2v) is 6.83. The summed E-state index contributed by atoms with van der Waals surface area (Å²) >= 11 is 0. The average molecular weight is 286 g/mol. The SMILES string of the molecule is CC(C)c1ccc(C2CC2C(=O)N2CCCC2CN)cc1. The van der Waals surface area contributed by atoms with Crippen LogP contribution in [-0.4, -0.2) is 29.9 Å². The zero-order chi connectivity index (χ0) is 15.0. The summed E-state index contributed by atoms with van der Waals surface area (Å²) in [6, 6.07) is 9.11. The van der Waals surface area contributed by atoms with Gasteiger partial charge in [-0.2, -0.15) is 0 Å². The highest BCUT2D eigenvalue weighted by atomic mass is 16.2. The number of carbonyl (C=O) groups is 1. The van der Waals surface area contributed by atoms with Crippen molar-refractivity contribution in [3.05, 3.63) is 35.4 Å². The van der Waals surface area contributed by atoms with Crippen LogP contribution in [0.25, 0.3) is 0 Å². The van der Waals surface area contributed by atoms with Crippen LogP contribution in [0.15, 0.2) is 24.3 Å². The van der Waals surface area contributed by atoms with Crippen molar-refractivity contribution in [2.75, 3.05) is 13.1 Å². The Bertz CT molecular complexity index is 508. The first-order valence-electron chi connectivity index (χ1n) is 8.22. The van der Waals surface area contributed by atoms with E-state index in [0.717, 1.165) is 25.8 Å². The number of amides is 1. The summed E-state index contributed by atoms with van der Waals surface area (Å²) in [5.41, 5.74) is 8.47. The lowest BCUT2D eigenvalue weighted by atomic mass is 10.00. The third-order valence-electron chi connectivity index (χ3n) is 5.07. The molecule has 1 heterocycles. The van der Waals surface area contributed by atoms with Crippen LogP contribution in [0.5, 0.6) is 0 Å². The number of benzene rings is 1. The zero-order valence-electron chi connectivity index (χ0n) is 13.1. The molecule has 3 nitrogen and oxygen atoms in total. The van der Waals surface area contributed by atoms with E-state index >= 15 is 0 Å². The van der Waals surface area contributed by atoms with E-state index in [2.05, 4.69) is 38.1 Å². The zero-order valence-corrected chi connectivity index (χ0v) is 13.1. The molecule has 1 amide bonds. The average Bonchev–Trinajstić information content (AvgIpc) is 3.15. The Balaban J connectivity index is 1.64. The summed E-state index contributed by atoms with van der Waals surface area (Å²) in [6.07, 6.45) is 3.18. The highest BCUT2D eigenvalue weighted by Gasteiger charge is 2.47. The summed E-state index contributed by atoms with van der Waals surface area (Å²) in [6.45, 7) is 5.92. The number of rotatable bonds is 4. The Morgan fingerprint density at radius 1 is 1.33 bits per heavy atom. The number of carbonyl (C=O) groups excluding carboxylic acids is 1. The molecule has 1 saturated carbocycles. The quantitative estimate of drug-likeness (QED) is 0.925. The number of hydrogen-bond donors (Lipinski definition) is 1. The first kappa shape index (κ1) is 14.6. The van der Waals surface area contributed by atoms with Gasteiger partial charge in [-0.3, -0.25) is 4.79 Å². The molecule has 0 spiro atoms. The molecule has 0 aromatic heterocycles. The molecule has 1 aromatic rings. The molecule has 1 saturated heterocycles. The van der Waals surface area contributed by atoms with Crippen molar-refractivity contribution in [3.8, 4) is 0 Å². The Labute approximate surface area is 127 Å². The highest BCUT2D eigenvalue weighted by Crippen LogP contribution is 2.49. The van der Waals surface area contributed by atoms with Gasteiger partial charge in [-0.25, -0.2) is 0 Å². The second-order valence-electron chi connectivity index (χ2n) is 6.83.